The monoisotopic (exact) mass is 407 g/mol. The molecule has 2 amide bonds. The quantitative estimate of drug-likeness (QED) is 0.719. The zero-order valence-electron chi connectivity index (χ0n) is 18.2. The maximum atomic E-state index is 12.5. The van der Waals surface area contributed by atoms with E-state index >= 15 is 0 Å². The van der Waals surface area contributed by atoms with Gasteiger partial charge in [0.2, 0.25) is 5.91 Å². The van der Waals surface area contributed by atoms with Gasteiger partial charge in [0.15, 0.2) is 0 Å². The molecule has 0 aromatic heterocycles. The van der Waals surface area contributed by atoms with Crippen molar-refractivity contribution in [3.8, 4) is 0 Å². The Morgan fingerprint density at radius 2 is 1.70 bits per heavy atom. The van der Waals surface area contributed by atoms with Gasteiger partial charge in [-0.25, -0.2) is 0 Å². The van der Waals surface area contributed by atoms with E-state index in [-0.39, 0.29) is 23.8 Å². The van der Waals surface area contributed by atoms with E-state index in [0.717, 1.165) is 43.7 Å². The van der Waals surface area contributed by atoms with Gasteiger partial charge in [-0.3, -0.25) is 14.5 Å². The molecule has 0 aliphatic carbocycles. The molecular weight excluding hydrogens is 374 g/mol. The number of para-hydroxylation sites is 1. The highest BCUT2D eigenvalue weighted by atomic mass is 16.2. The number of anilines is 1. The van der Waals surface area contributed by atoms with Crippen LogP contribution in [-0.2, 0) is 11.3 Å². The minimum absolute atomic E-state index is 0.0994. The van der Waals surface area contributed by atoms with E-state index in [1.54, 1.807) is 0 Å². The first kappa shape index (κ1) is 22.0. The van der Waals surface area contributed by atoms with E-state index < -0.39 is 0 Å². The van der Waals surface area contributed by atoms with Crippen LogP contribution in [0, 0.1) is 11.8 Å². The number of benzene rings is 2. The Balaban J connectivity index is 1.51. The van der Waals surface area contributed by atoms with Crippen LogP contribution in [-0.4, -0.2) is 35.8 Å². The van der Waals surface area contributed by atoms with Crippen molar-refractivity contribution in [1.29, 1.82) is 0 Å². The minimum Gasteiger partial charge on any atom is -0.353 e. The molecule has 5 heteroatoms. The van der Waals surface area contributed by atoms with Crippen molar-refractivity contribution in [1.82, 2.24) is 10.2 Å². The second kappa shape index (κ2) is 10.4. The van der Waals surface area contributed by atoms with Gasteiger partial charge in [-0.1, -0.05) is 44.2 Å². The molecule has 1 aliphatic rings. The standard InChI is InChI=1S/C25H33N3O2/c1-18(2)19(3)26-24(29)21-12-14-28(15-13-21)17-20-8-7-9-22(16-20)25(30)27-23-10-5-4-6-11-23/h4-11,16,18-19,21H,12-15,17H2,1-3H3,(H,26,29)(H,27,30). The summed E-state index contributed by atoms with van der Waals surface area (Å²) in [6.07, 6.45) is 1.76. The van der Waals surface area contributed by atoms with E-state index in [2.05, 4.69) is 42.4 Å². The molecule has 160 valence electrons. The fourth-order valence-corrected chi connectivity index (χ4v) is 3.66. The van der Waals surface area contributed by atoms with Crippen LogP contribution in [0.15, 0.2) is 54.6 Å². The lowest BCUT2D eigenvalue weighted by atomic mass is 9.94. The molecular formula is C25H33N3O2. The summed E-state index contributed by atoms with van der Waals surface area (Å²) >= 11 is 0. The normalized spacial score (nSPS) is 16.3. The smallest absolute Gasteiger partial charge is 0.255 e. The fraction of sp³-hybridized carbons (Fsp3) is 0.440. The Bertz CT molecular complexity index is 842. The molecule has 30 heavy (non-hydrogen) atoms. The lowest BCUT2D eigenvalue weighted by molar-refractivity contribution is -0.127. The lowest BCUT2D eigenvalue weighted by Gasteiger charge is -2.32. The average molecular weight is 408 g/mol. The highest BCUT2D eigenvalue weighted by Gasteiger charge is 2.26. The van der Waals surface area contributed by atoms with Gasteiger partial charge in [0.05, 0.1) is 0 Å². The molecule has 0 radical (unpaired) electrons. The third kappa shape index (κ3) is 6.17. The zero-order chi connectivity index (χ0) is 21.5. The van der Waals surface area contributed by atoms with Crippen LogP contribution in [0.2, 0.25) is 0 Å². The molecule has 5 nitrogen and oxygen atoms in total. The maximum absolute atomic E-state index is 12.5. The van der Waals surface area contributed by atoms with Gasteiger partial charge in [0, 0.05) is 29.8 Å². The Labute approximate surface area is 179 Å². The number of hydrogen-bond donors (Lipinski definition) is 2. The number of amides is 2. The molecule has 2 aromatic carbocycles. The van der Waals surface area contributed by atoms with Crippen LogP contribution >= 0.6 is 0 Å². The van der Waals surface area contributed by atoms with E-state index in [0.29, 0.717) is 11.5 Å². The summed E-state index contributed by atoms with van der Waals surface area (Å²) in [5, 5.41) is 6.09. The van der Waals surface area contributed by atoms with Gasteiger partial charge >= 0.3 is 0 Å². The number of carbonyl (C=O) groups excluding carboxylic acids is 2. The predicted octanol–water partition coefficient (Wildman–Crippen LogP) is 4.31. The molecule has 0 spiro atoms. The second-order valence-corrected chi connectivity index (χ2v) is 8.61. The van der Waals surface area contributed by atoms with E-state index in [1.165, 1.54) is 0 Å². The fourth-order valence-electron chi connectivity index (χ4n) is 3.66. The molecule has 0 saturated carbocycles. The molecule has 0 bridgehead atoms. The molecule has 2 N–H and O–H groups in total. The number of likely N-dealkylation sites (tertiary alicyclic amines) is 1. The van der Waals surface area contributed by atoms with Crippen molar-refractivity contribution < 1.29 is 9.59 Å². The number of carbonyl (C=O) groups is 2. The van der Waals surface area contributed by atoms with Gasteiger partial charge in [-0.2, -0.15) is 0 Å². The van der Waals surface area contributed by atoms with E-state index in [9.17, 15) is 9.59 Å². The van der Waals surface area contributed by atoms with Gasteiger partial charge in [0.25, 0.3) is 5.91 Å². The van der Waals surface area contributed by atoms with Crippen molar-refractivity contribution in [3.63, 3.8) is 0 Å². The van der Waals surface area contributed by atoms with Crippen molar-refractivity contribution >= 4 is 17.5 Å². The molecule has 1 fully saturated rings. The van der Waals surface area contributed by atoms with Gasteiger partial charge in [0.1, 0.15) is 0 Å². The first-order valence-corrected chi connectivity index (χ1v) is 10.9. The van der Waals surface area contributed by atoms with Crippen LogP contribution in [0.25, 0.3) is 0 Å². The van der Waals surface area contributed by atoms with Gasteiger partial charge in [-0.15, -0.1) is 0 Å². The lowest BCUT2D eigenvalue weighted by Crippen LogP contribution is -2.44. The summed E-state index contributed by atoms with van der Waals surface area (Å²) < 4.78 is 0. The van der Waals surface area contributed by atoms with Gasteiger partial charge in [-0.05, 0) is 68.6 Å². The number of nitrogens with one attached hydrogen (secondary N) is 2. The van der Waals surface area contributed by atoms with Crippen molar-refractivity contribution in [3.05, 3.63) is 65.7 Å². The highest BCUT2D eigenvalue weighted by Crippen LogP contribution is 2.20. The van der Waals surface area contributed by atoms with Crippen LogP contribution in [0.5, 0.6) is 0 Å². The summed E-state index contributed by atoms with van der Waals surface area (Å²) in [5.74, 6) is 0.638. The Hall–Kier alpha value is -2.66. The SMILES string of the molecule is CC(C)C(C)NC(=O)C1CCN(Cc2cccc(C(=O)Nc3ccccc3)c2)CC1. The molecule has 1 atom stereocenters. The third-order valence-corrected chi connectivity index (χ3v) is 5.96. The molecule has 2 aromatic rings. The Morgan fingerprint density at radius 3 is 2.37 bits per heavy atom. The van der Waals surface area contributed by atoms with Crippen molar-refractivity contribution in [2.24, 2.45) is 11.8 Å². The van der Waals surface area contributed by atoms with Crippen LogP contribution in [0.4, 0.5) is 5.69 Å². The first-order valence-electron chi connectivity index (χ1n) is 10.9. The van der Waals surface area contributed by atoms with Gasteiger partial charge < -0.3 is 10.6 Å². The number of piperidine rings is 1. The Morgan fingerprint density at radius 1 is 1.00 bits per heavy atom. The topological polar surface area (TPSA) is 61.4 Å². The average Bonchev–Trinajstić information content (AvgIpc) is 2.75. The molecule has 1 unspecified atom stereocenters. The number of nitrogens with zero attached hydrogens (tertiary/aromatic N) is 1. The largest absolute Gasteiger partial charge is 0.353 e. The summed E-state index contributed by atoms with van der Waals surface area (Å²) in [5.41, 5.74) is 2.57. The van der Waals surface area contributed by atoms with E-state index in [4.69, 9.17) is 0 Å². The predicted molar refractivity (Wildman–Crippen MR) is 121 cm³/mol. The summed E-state index contributed by atoms with van der Waals surface area (Å²) in [7, 11) is 0. The zero-order valence-corrected chi connectivity index (χ0v) is 18.2. The minimum atomic E-state index is -0.0994. The first-order chi connectivity index (χ1) is 14.4. The second-order valence-electron chi connectivity index (χ2n) is 8.61. The summed E-state index contributed by atoms with van der Waals surface area (Å²) in [4.78, 5) is 27.4. The molecule has 1 aliphatic heterocycles. The number of hydrogen-bond acceptors (Lipinski definition) is 3. The van der Waals surface area contributed by atoms with Crippen LogP contribution in [0.1, 0.15) is 49.5 Å². The van der Waals surface area contributed by atoms with Crippen molar-refractivity contribution in [2.75, 3.05) is 18.4 Å². The van der Waals surface area contributed by atoms with E-state index in [1.807, 2.05) is 48.5 Å². The third-order valence-electron chi connectivity index (χ3n) is 5.96. The highest BCUT2D eigenvalue weighted by molar-refractivity contribution is 6.04. The molecule has 1 heterocycles. The molecule has 3 rings (SSSR count). The Kier molecular flexibility index (Phi) is 7.63. The maximum Gasteiger partial charge on any atom is 0.255 e. The van der Waals surface area contributed by atoms with Crippen LogP contribution in [0.3, 0.4) is 0 Å². The van der Waals surface area contributed by atoms with Crippen molar-refractivity contribution in [2.45, 2.75) is 46.2 Å². The van der Waals surface area contributed by atoms with Crippen LogP contribution < -0.4 is 10.6 Å². The molecule has 1 saturated heterocycles. The summed E-state index contributed by atoms with van der Waals surface area (Å²) in [6.45, 7) is 8.91. The summed E-state index contributed by atoms with van der Waals surface area (Å²) in [6, 6.07) is 17.5. The number of rotatable bonds is 7.